The predicted molar refractivity (Wildman–Crippen MR) is 145 cm³/mol. The van der Waals surface area contributed by atoms with Gasteiger partial charge < -0.3 is 9.64 Å². The van der Waals surface area contributed by atoms with Crippen molar-refractivity contribution in [1.82, 2.24) is 9.97 Å². The molecular formula is C31H30N4O. The van der Waals surface area contributed by atoms with Gasteiger partial charge in [0.05, 0.1) is 23.0 Å². The Bertz CT molecular complexity index is 1440. The summed E-state index contributed by atoms with van der Waals surface area (Å²) in [6, 6.07) is 16.6. The first-order valence-corrected chi connectivity index (χ1v) is 12.6. The number of rotatable bonds is 6. The second-order valence-electron chi connectivity index (χ2n) is 9.19. The van der Waals surface area contributed by atoms with E-state index in [0.29, 0.717) is 5.57 Å². The van der Waals surface area contributed by atoms with Gasteiger partial charge in [0.15, 0.2) is 0 Å². The summed E-state index contributed by atoms with van der Waals surface area (Å²) in [6.45, 7) is 8.26. The average Bonchev–Trinajstić information content (AvgIpc) is 2.91. The number of aromatic nitrogens is 2. The third-order valence-corrected chi connectivity index (χ3v) is 6.83. The number of pyridine rings is 2. The highest BCUT2D eigenvalue weighted by Gasteiger charge is 2.24. The summed E-state index contributed by atoms with van der Waals surface area (Å²) in [5, 5.41) is 10.1. The molecule has 0 atom stereocenters. The van der Waals surface area contributed by atoms with Crippen molar-refractivity contribution in [3.05, 3.63) is 94.5 Å². The van der Waals surface area contributed by atoms with E-state index in [1.807, 2.05) is 37.3 Å². The molecule has 0 radical (unpaired) electrons. The predicted octanol–water partition coefficient (Wildman–Crippen LogP) is 7.12. The summed E-state index contributed by atoms with van der Waals surface area (Å²) in [4.78, 5) is 11.3. The number of nitriles is 1. The number of hydrogen-bond acceptors (Lipinski definition) is 5. The van der Waals surface area contributed by atoms with E-state index in [9.17, 15) is 5.26 Å². The van der Waals surface area contributed by atoms with Gasteiger partial charge in [-0.25, -0.2) is 0 Å². The van der Waals surface area contributed by atoms with Crippen molar-refractivity contribution in [3.63, 3.8) is 0 Å². The van der Waals surface area contributed by atoms with Gasteiger partial charge in [0, 0.05) is 42.8 Å². The van der Waals surface area contributed by atoms with E-state index >= 15 is 0 Å². The number of nitrogens with zero attached hydrogens (tertiary/aromatic N) is 4. The summed E-state index contributed by atoms with van der Waals surface area (Å²) in [6.07, 6.45) is 10.6. The van der Waals surface area contributed by atoms with Crippen LogP contribution < -0.4 is 9.64 Å². The lowest BCUT2D eigenvalue weighted by molar-refractivity contribution is 0.410. The molecule has 180 valence electrons. The average molecular weight is 475 g/mol. The standard InChI is InChI=1S/C31H30N4O/c1-4-35(5-2)27-10-9-23-16-24-7-6-8-25(31(24)36-30(23)19-27)17-26(20-32)22-12-14-34-29(18-22)28-15-21(3)11-13-33-28/h9-19H,4-8H2,1-3H3/b26-17+. The first kappa shape index (κ1) is 23.6. The molecule has 0 spiro atoms. The highest BCUT2D eigenvalue weighted by Crippen LogP contribution is 2.41. The molecule has 3 aromatic rings. The highest BCUT2D eigenvalue weighted by atomic mass is 16.5. The van der Waals surface area contributed by atoms with Crippen LogP contribution in [0.25, 0.3) is 23.0 Å². The molecule has 2 aliphatic rings. The summed E-state index contributed by atoms with van der Waals surface area (Å²) in [5.74, 6) is 1.77. The Morgan fingerprint density at radius 1 is 1.03 bits per heavy atom. The minimum absolute atomic E-state index is 0.598. The molecule has 3 heterocycles. The number of fused-ring (bicyclic) bond motifs is 2. The van der Waals surface area contributed by atoms with E-state index in [1.165, 1.54) is 5.57 Å². The van der Waals surface area contributed by atoms with Gasteiger partial charge in [0.1, 0.15) is 11.5 Å². The molecule has 36 heavy (non-hydrogen) atoms. The lowest BCUT2D eigenvalue weighted by Gasteiger charge is -2.28. The van der Waals surface area contributed by atoms with E-state index in [0.717, 1.165) is 83.2 Å². The first-order valence-electron chi connectivity index (χ1n) is 12.6. The largest absolute Gasteiger partial charge is 0.456 e. The van der Waals surface area contributed by atoms with Gasteiger partial charge in [-0.3, -0.25) is 9.97 Å². The third kappa shape index (κ3) is 4.67. The molecule has 1 aliphatic heterocycles. The molecular weight excluding hydrogens is 444 g/mol. The van der Waals surface area contributed by atoms with Gasteiger partial charge >= 0.3 is 0 Å². The summed E-state index contributed by atoms with van der Waals surface area (Å²) in [7, 11) is 0. The van der Waals surface area contributed by atoms with Gasteiger partial charge in [-0.05, 0) is 111 Å². The Morgan fingerprint density at radius 2 is 1.81 bits per heavy atom. The van der Waals surface area contributed by atoms with Gasteiger partial charge in [-0.2, -0.15) is 5.26 Å². The number of anilines is 1. The SMILES string of the molecule is CCN(CC)c1ccc2c(c1)OC1=C(/C=C(\C#N)c3ccnc(-c4cc(C)ccn4)c3)CCCC1=C2. The van der Waals surface area contributed by atoms with Crippen LogP contribution in [0.5, 0.6) is 5.75 Å². The van der Waals surface area contributed by atoms with E-state index < -0.39 is 0 Å². The third-order valence-electron chi connectivity index (χ3n) is 6.83. The zero-order valence-corrected chi connectivity index (χ0v) is 21.1. The fourth-order valence-corrected chi connectivity index (χ4v) is 4.89. The number of hydrogen-bond donors (Lipinski definition) is 0. The van der Waals surface area contributed by atoms with Crippen molar-refractivity contribution >= 4 is 17.3 Å². The first-order chi connectivity index (χ1) is 17.6. The Balaban J connectivity index is 1.52. The Hall–Kier alpha value is -4.17. The summed E-state index contributed by atoms with van der Waals surface area (Å²) >= 11 is 0. The number of benzene rings is 1. The Morgan fingerprint density at radius 3 is 2.56 bits per heavy atom. The maximum absolute atomic E-state index is 10.1. The van der Waals surface area contributed by atoms with Crippen molar-refractivity contribution in [3.8, 4) is 23.2 Å². The molecule has 0 bridgehead atoms. The minimum atomic E-state index is 0.598. The van der Waals surface area contributed by atoms with Crippen LogP contribution in [0.1, 0.15) is 49.8 Å². The topological polar surface area (TPSA) is 62.0 Å². The van der Waals surface area contributed by atoms with Gasteiger partial charge in [0.25, 0.3) is 0 Å². The van der Waals surface area contributed by atoms with Crippen molar-refractivity contribution in [2.75, 3.05) is 18.0 Å². The molecule has 5 rings (SSSR count). The molecule has 2 aromatic heterocycles. The molecule has 5 nitrogen and oxygen atoms in total. The maximum Gasteiger partial charge on any atom is 0.136 e. The number of allylic oxidation sites excluding steroid dienone is 4. The van der Waals surface area contributed by atoms with Crippen LogP contribution in [0.2, 0.25) is 0 Å². The lowest BCUT2D eigenvalue weighted by Crippen LogP contribution is -2.22. The van der Waals surface area contributed by atoms with Crippen molar-refractivity contribution in [2.24, 2.45) is 0 Å². The van der Waals surface area contributed by atoms with Crippen LogP contribution in [0.4, 0.5) is 5.69 Å². The minimum Gasteiger partial charge on any atom is -0.456 e. The van der Waals surface area contributed by atoms with E-state index in [4.69, 9.17) is 4.74 Å². The Kier molecular flexibility index (Phi) is 6.69. The molecule has 0 saturated heterocycles. The van der Waals surface area contributed by atoms with Crippen molar-refractivity contribution in [2.45, 2.75) is 40.0 Å². The van der Waals surface area contributed by atoms with Crippen molar-refractivity contribution in [1.29, 1.82) is 5.26 Å². The monoisotopic (exact) mass is 474 g/mol. The normalized spacial score (nSPS) is 14.8. The molecule has 0 saturated carbocycles. The zero-order valence-electron chi connectivity index (χ0n) is 21.1. The van der Waals surface area contributed by atoms with Crippen LogP contribution in [0.15, 0.2) is 77.8 Å². The number of aryl methyl sites for hydroxylation is 1. The second kappa shape index (κ2) is 10.2. The fraction of sp³-hybridized carbons (Fsp3) is 0.258. The Labute approximate surface area is 213 Å². The van der Waals surface area contributed by atoms with E-state index in [1.54, 1.807) is 12.4 Å². The molecule has 0 unspecified atom stereocenters. The van der Waals surface area contributed by atoms with Gasteiger partial charge in [0.2, 0.25) is 0 Å². The van der Waals surface area contributed by atoms with Crippen LogP contribution in [-0.4, -0.2) is 23.1 Å². The van der Waals surface area contributed by atoms with Crippen LogP contribution in [0.3, 0.4) is 0 Å². The summed E-state index contributed by atoms with van der Waals surface area (Å²) in [5.41, 5.74) is 8.64. The maximum atomic E-state index is 10.1. The second-order valence-corrected chi connectivity index (χ2v) is 9.19. The molecule has 5 heteroatoms. The molecule has 0 fully saturated rings. The van der Waals surface area contributed by atoms with Crippen LogP contribution in [0, 0.1) is 18.3 Å². The fourth-order valence-electron chi connectivity index (χ4n) is 4.89. The van der Waals surface area contributed by atoms with E-state index in [2.05, 4.69) is 59.1 Å². The van der Waals surface area contributed by atoms with Gasteiger partial charge in [-0.1, -0.05) is 0 Å². The van der Waals surface area contributed by atoms with E-state index in [-0.39, 0.29) is 0 Å². The molecule has 1 aromatic carbocycles. The lowest BCUT2D eigenvalue weighted by atomic mass is 9.88. The van der Waals surface area contributed by atoms with Gasteiger partial charge in [-0.15, -0.1) is 0 Å². The molecule has 0 N–H and O–H groups in total. The summed E-state index contributed by atoms with van der Waals surface area (Å²) < 4.78 is 6.52. The van der Waals surface area contributed by atoms with Crippen LogP contribution in [-0.2, 0) is 0 Å². The molecule has 1 aliphatic carbocycles. The van der Waals surface area contributed by atoms with Crippen molar-refractivity contribution < 1.29 is 4.74 Å². The highest BCUT2D eigenvalue weighted by molar-refractivity contribution is 5.81. The zero-order chi connectivity index (χ0) is 25.1. The quantitative estimate of drug-likeness (QED) is 0.356. The number of ether oxygens (including phenoxy) is 1. The molecule has 0 amide bonds. The van der Waals surface area contributed by atoms with Crippen LogP contribution >= 0.6 is 0 Å². The smallest absolute Gasteiger partial charge is 0.136 e.